The van der Waals surface area contributed by atoms with Crippen LogP contribution in [0.1, 0.15) is 35.2 Å². The second-order valence-electron chi connectivity index (χ2n) is 8.98. The monoisotopic (exact) mass is 510 g/mol. The second-order valence-corrected chi connectivity index (χ2v) is 10.8. The Morgan fingerprint density at radius 3 is 2.33 bits per heavy atom. The first kappa shape index (κ1) is 25.9. The summed E-state index contributed by atoms with van der Waals surface area (Å²) in [5.41, 5.74) is 1.37. The zero-order chi connectivity index (χ0) is 25.5. The minimum absolute atomic E-state index is 0.0105. The maximum Gasteiger partial charge on any atom is 0.257 e. The van der Waals surface area contributed by atoms with Crippen LogP contribution in [0.25, 0.3) is 0 Å². The van der Waals surface area contributed by atoms with Crippen LogP contribution in [0.2, 0.25) is 0 Å². The highest BCUT2D eigenvalue weighted by Gasteiger charge is 2.34. The van der Waals surface area contributed by atoms with Gasteiger partial charge in [0.15, 0.2) is 0 Å². The highest BCUT2D eigenvalue weighted by molar-refractivity contribution is 7.89. The van der Waals surface area contributed by atoms with Crippen LogP contribution in [0.4, 0.5) is 4.39 Å². The number of sulfonamides is 1. The molecule has 3 aromatic carbocycles. The van der Waals surface area contributed by atoms with Crippen LogP contribution in [0, 0.1) is 5.82 Å². The Morgan fingerprint density at radius 1 is 0.889 bits per heavy atom. The number of ether oxygens (including phenoxy) is 1. The number of carbonyl (C=O) groups is 1. The summed E-state index contributed by atoms with van der Waals surface area (Å²) in [6.07, 6.45) is 2.40. The third kappa shape index (κ3) is 5.94. The summed E-state index contributed by atoms with van der Waals surface area (Å²) in [4.78, 5) is 14.4. The molecular weight excluding hydrogens is 479 g/mol. The zero-order valence-corrected chi connectivity index (χ0v) is 21.2. The third-order valence-corrected chi connectivity index (χ3v) is 8.40. The molecule has 1 amide bonds. The fourth-order valence-corrected chi connectivity index (χ4v) is 6.18. The van der Waals surface area contributed by atoms with Crippen molar-refractivity contribution in [3.63, 3.8) is 0 Å². The van der Waals surface area contributed by atoms with Crippen molar-refractivity contribution in [2.75, 3.05) is 26.7 Å². The van der Waals surface area contributed by atoms with E-state index in [4.69, 9.17) is 4.74 Å². The van der Waals surface area contributed by atoms with E-state index in [2.05, 4.69) is 0 Å². The molecule has 1 aliphatic rings. The van der Waals surface area contributed by atoms with Gasteiger partial charge in [-0.1, -0.05) is 61.0 Å². The number of amides is 1. The number of fused-ring (bicyclic) bond motifs is 1. The third-order valence-electron chi connectivity index (χ3n) is 6.41. The molecule has 0 fully saturated rings. The summed E-state index contributed by atoms with van der Waals surface area (Å²) >= 11 is 0. The molecule has 1 atom stereocenters. The number of nitrogens with zero attached hydrogens (tertiary/aromatic N) is 2. The van der Waals surface area contributed by atoms with Gasteiger partial charge in [-0.2, -0.15) is 4.31 Å². The van der Waals surface area contributed by atoms with E-state index < -0.39 is 21.9 Å². The van der Waals surface area contributed by atoms with E-state index in [1.807, 2.05) is 30.3 Å². The van der Waals surface area contributed by atoms with Gasteiger partial charge in [0.25, 0.3) is 5.91 Å². The van der Waals surface area contributed by atoms with Crippen molar-refractivity contribution in [1.29, 1.82) is 0 Å². The highest BCUT2D eigenvalue weighted by Crippen LogP contribution is 2.26. The minimum Gasteiger partial charge on any atom is -0.491 e. The van der Waals surface area contributed by atoms with E-state index in [1.165, 1.54) is 22.5 Å². The number of hydrogen-bond donors (Lipinski definition) is 0. The van der Waals surface area contributed by atoms with Crippen molar-refractivity contribution in [3.8, 4) is 5.75 Å². The summed E-state index contributed by atoms with van der Waals surface area (Å²) in [7, 11) is -2.40. The Balaban J connectivity index is 1.76. The molecule has 0 saturated carbocycles. The molecule has 0 bridgehead atoms. The number of halogens is 1. The van der Waals surface area contributed by atoms with E-state index in [0.29, 0.717) is 30.7 Å². The average molecular weight is 511 g/mol. The summed E-state index contributed by atoms with van der Waals surface area (Å²) in [6.45, 7) is 0.772. The SMILES string of the molecule is CN1CCCCCN(S(=O)(=O)c2ccccc2F)[C@H](Cc2ccccc2)COc2ccccc2C1=O. The number of benzene rings is 3. The van der Waals surface area contributed by atoms with Gasteiger partial charge in [-0.3, -0.25) is 4.79 Å². The van der Waals surface area contributed by atoms with Crippen LogP contribution in [-0.2, 0) is 16.4 Å². The molecule has 3 aromatic rings. The van der Waals surface area contributed by atoms with Gasteiger partial charge in [0.1, 0.15) is 23.1 Å². The molecule has 0 aromatic heterocycles. The van der Waals surface area contributed by atoms with E-state index in [-0.39, 0.29) is 24.0 Å². The van der Waals surface area contributed by atoms with Crippen molar-refractivity contribution in [2.24, 2.45) is 0 Å². The molecule has 0 aliphatic carbocycles. The number of carbonyl (C=O) groups excluding carboxylic acids is 1. The smallest absolute Gasteiger partial charge is 0.257 e. The molecule has 8 heteroatoms. The highest BCUT2D eigenvalue weighted by atomic mass is 32.2. The Hall–Kier alpha value is -3.23. The van der Waals surface area contributed by atoms with Crippen molar-refractivity contribution in [3.05, 3.63) is 95.8 Å². The van der Waals surface area contributed by atoms with Crippen LogP contribution >= 0.6 is 0 Å². The minimum atomic E-state index is -4.16. The van der Waals surface area contributed by atoms with Gasteiger partial charge in [0.2, 0.25) is 10.0 Å². The van der Waals surface area contributed by atoms with E-state index in [9.17, 15) is 17.6 Å². The molecular formula is C28H31FN2O4S. The van der Waals surface area contributed by atoms with Crippen molar-refractivity contribution in [2.45, 2.75) is 36.6 Å². The Bertz CT molecular complexity index is 1280. The summed E-state index contributed by atoms with van der Waals surface area (Å²) in [5, 5.41) is 0. The molecule has 0 N–H and O–H groups in total. The van der Waals surface area contributed by atoms with E-state index in [1.54, 1.807) is 36.2 Å². The average Bonchev–Trinajstić information content (AvgIpc) is 2.89. The van der Waals surface area contributed by atoms with Crippen molar-refractivity contribution >= 4 is 15.9 Å². The lowest BCUT2D eigenvalue weighted by molar-refractivity contribution is 0.0788. The fourth-order valence-electron chi connectivity index (χ4n) is 4.47. The first-order chi connectivity index (χ1) is 17.4. The number of rotatable bonds is 4. The quantitative estimate of drug-likeness (QED) is 0.508. The Labute approximate surface area is 212 Å². The molecule has 0 saturated heterocycles. The molecule has 36 heavy (non-hydrogen) atoms. The first-order valence-electron chi connectivity index (χ1n) is 12.2. The predicted molar refractivity (Wildman–Crippen MR) is 137 cm³/mol. The van der Waals surface area contributed by atoms with Gasteiger partial charge in [-0.15, -0.1) is 0 Å². The standard InChI is InChI=1S/C28H31FN2O4S/c1-30-18-10-3-11-19-31(36(33,34)27-17-9-7-15-25(27)29)23(20-22-12-4-2-5-13-22)21-35-26-16-8-6-14-24(26)28(30)32/h2,4-9,12-17,23H,3,10-11,18-21H2,1H3/t23-/m1/s1. The number of hydrogen-bond acceptors (Lipinski definition) is 4. The van der Waals surface area contributed by atoms with Crippen LogP contribution in [0.15, 0.2) is 83.8 Å². The second kappa shape index (κ2) is 11.7. The molecule has 1 aliphatic heterocycles. The maximum absolute atomic E-state index is 14.7. The zero-order valence-electron chi connectivity index (χ0n) is 20.3. The Morgan fingerprint density at radius 2 is 1.56 bits per heavy atom. The molecule has 6 nitrogen and oxygen atoms in total. The fraction of sp³-hybridized carbons (Fsp3) is 0.321. The van der Waals surface area contributed by atoms with Gasteiger partial charge in [0.05, 0.1) is 11.6 Å². The van der Waals surface area contributed by atoms with Gasteiger partial charge >= 0.3 is 0 Å². The van der Waals surface area contributed by atoms with Crippen molar-refractivity contribution < 1.29 is 22.3 Å². The summed E-state index contributed by atoms with van der Waals surface area (Å²) < 4.78 is 49.8. The topological polar surface area (TPSA) is 66.9 Å². The number of para-hydroxylation sites is 1. The lowest BCUT2D eigenvalue weighted by Crippen LogP contribution is -2.45. The van der Waals surface area contributed by atoms with Gasteiger partial charge in [-0.05, 0) is 49.1 Å². The molecule has 4 rings (SSSR count). The molecule has 1 heterocycles. The van der Waals surface area contributed by atoms with Crippen LogP contribution < -0.4 is 4.74 Å². The molecule has 0 spiro atoms. The Kier molecular flexibility index (Phi) is 8.38. The van der Waals surface area contributed by atoms with Crippen molar-refractivity contribution in [1.82, 2.24) is 9.21 Å². The van der Waals surface area contributed by atoms with Gasteiger partial charge in [-0.25, -0.2) is 12.8 Å². The molecule has 0 radical (unpaired) electrons. The lowest BCUT2D eigenvalue weighted by atomic mass is 10.1. The van der Waals surface area contributed by atoms with Gasteiger partial charge < -0.3 is 9.64 Å². The first-order valence-corrected chi connectivity index (χ1v) is 13.6. The maximum atomic E-state index is 14.7. The molecule has 0 unspecified atom stereocenters. The lowest BCUT2D eigenvalue weighted by Gasteiger charge is -2.31. The van der Waals surface area contributed by atoms with Crippen LogP contribution in [0.3, 0.4) is 0 Å². The summed E-state index contributed by atoms with van der Waals surface area (Å²) in [5.74, 6) is -0.521. The van der Waals surface area contributed by atoms with Crippen LogP contribution in [0.5, 0.6) is 5.75 Å². The van der Waals surface area contributed by atoms with Gasteiger partial charge in [0, 0.05) is 20.1 Å². The summed E-state index contributed by atoms with van der Waals surface area (Å²) in [6, 6.07) is 21.4. The van der Waals surface area contributed by atoms with E-state index in [0.717, 1.165) is 24.5 Å². The predicted octanol–water partition coefficient (Wildman–Crippen LogP) is 4.76. The largest absolute Gasteiger partial charge is 0.491 e. The van der Waals surface area contributed by atoms with Crippen LogP contribution in [-0.4, -0.2) is 56.3 Å². The normalized spacial score (nSPS) is 18.3. The van der Waals surface area contributed by atoms with E-state index >= 15 is 0 Å². The molecule has 190 valence electrons.